The van der Waals surface area contributed by atoms with E-state index in [1.54, 1.807) is 36.4 Å². The summed E-state index contributed by atoms with van der Waals surface area (Å²) in [5.74, 6) is -18.4. The van der Waals surface area contributed by atoms with Crippen LogP contribution in [-0.2, 0) is 27.4 Å². The van der Waals surface area contributed by atoms with E-state index >= 15 is 0 Å². The molecule has 32 nitrogen and oxygen atoms in total. The molecule has 0 saturated carbocycles. The summed E-state index contributed by atoms with van der Waals surface area (Å²) in [5.41, 5.74) is 3.21. The van der Waals surface area contributed by atoms with Crippen LogP contribution in [0.5, 0.6) is 40.2 Å². The van der Waals surface area contributed by atoms with Gasteiger partial charge in [-0.1, -0.05) is 59.7 Å². The highest BCUT2D eigenvalue weighted by atomic mass is 19.3. The van der Waals surface area contributed by atoms with Crippen molar-refractivity contribution in [2.24, 2.45) is 0 Å². The van der Waals surface area contributed by atoms with Crippen LogP contribution >= 0.6 is 0 Å². The van der Waals surface area contributed by atoms with Crippen LogP contribution in [0.15, 0.2) is 200 Å². The number of alkyl halides is 10. The third-order valence-electron chi connectivity index (χ3n) is 19.0. The molecule has 3 N–H and O–H groups in total. The van der Waals surface area contributed by atoms with Crippen LogP contribution in [-0.4, -0.2) is 236 Å². The highest BCUT2D eigenvalue weighted by molar-refractivity contribution is 5.98. The first-order valence-electron chi connectivity index (χ1n) is 38.2. The van der Waals surface area contributed by atoms with Gasteiger partial charge in [-0.2, -0.15) is 0 Å². The molecule has 42 heteroatoms. The number of methoxy groups -OCH3 is 1. The van der Waals surface area contributed by atoms with Crippen LogP contribution in [0.2, 0.25) is 0 Å². The van der Waals surface area contributed by atoms with Gasteiger partial charge in [0, 0.05) is 65.2 Å². The van der Waals surface area contributed by atoms with Gasteiger partial charge in [-0.3, -0.25) is 54.3 Å². The predicted octanol–water partition coefficient (Wildman–Crippen LogP) is 14.9. The number of likely N-dealkylation sites (tertiary alicyclic amines) is 5. The fourth-order valence-electron chi connectivity index (χ4n) is 12.6. The molecule has 15 rings (SSSR count). The molecule has 0 radical (unpaired) electrons. The SMILES string of the molecule is COC(=O)c1ccc([N+](=O)[O-])c(Oc2cccc(C(=O)N3CC(F)(F)C3)c2)c1.Cc1cccc(C(=O)N2CC(F)(F)C2)c1.Cc1cccc(C(=O)O)c1.O=C(OCc1ccc([N+](=O)[O-])c(Oc2cccc(C(=O)N3CC(F)(F)C3)c2)c1)N1CCOCC1.O=C(c1cccc(O)c1)N1CC(F)(F)C1.O=C(c1cccc(Oc2cc(CO)ccc2[N+](=O)[O-])c1)N1CC(F)(F)C1. The van der Waals surface area contributed by atoms with Gasteiger partial charge >= 0.3 is 35.1 Å². The minimum Gasteiger partial charge on any atom is -0.508 e. The summed E-state index contributed by atoms with van der Waals surface area (Å²) in [6.07, 6.45) is -0.521. The molecule has 0 bridgehead atoms. The summed E-state index contributed by atoms with van der Waals surface area (Å²) in [4.78, 5) is 133. The Morgan fingerprint density at radius 2 is 0.703 bits per heavy atom. The number of aliphatic hydroxyl groups excluding tert-OH is 1. The van der Waals surface area contributed by atoms with Crippen molar-refractivity contribution in [1.29, 1.82) is 0 Å². The molecule has 6 fully saturated rings. The Balaban J connectivity index is 0.000000166. The first-order chi connectivity index (χ1) is 60.4. The van der Waals surface area contributed by atoms with Gasteiger partial charge in [0.1, 0.15) is 29.6 Å². The van der Waals surface area contributed by atoms with Gasteiger partial charge in [-0.05, 0) is 152 Å². The minimum absolute atomic E-state index is 0.0399. The van der Waals surface area contributed by atoms with Crippen molar-refractivity contribution in [1.82, 2.24) is 29.4 Å². The monoisotopic (exact) mass is 1790 g/mol. The molecule has 0 aromatic heterocycles. The molecule has 0 unspecified atom stereocenters. The second kappa shape index (κ2) is 40.9. The molecule has 6 amide bonds. The van der Waals surface area contributed by atoms with Gasteiger partial charge < -0.3 is 73.1 Å². The number of carboxylic acid groups (broad SMARTS) is 1. The van der Waals surface area contributed by atoms with Crippen LogP contribution < -0.4 is 14.2 Å². The zero-order chi connectivity index (χ0) is 93.3. The molecule has 128 heavy (non-hydrogen) atoms. The van der Waals surface area contributed by atoms with Crippen LogP contribution in [0.1, 0.15) is 94.8 Å². The van der Waals surface area contributed by atoms with Crippen molar-refractivity contribution in [2.45, 2.75) is 56.7 Å². The number of aromatic carboxylic acids is 1. The number of rotatable bonds is 19. The average Bonchev–Trinajstić information content (AvgIpc) is 0.808. The molecule has 6 aliphatic heterocycles. The summed E-state index contributed by atoms with van der Waals surface area (Å²) in [5, 5.41) is 60.6. The molecule has 0 aliphatic carbocycles. The lowest BCUT2D eigenvalue weighted by Gasteiger charge is -2.38. The number of halogens is 10. The molecule has 674 valence electrons. The number of ether oxygens (including phenoxy) is 6. The third-order valence-corrected chi connectivity index (χ3v) is 19.0. The number of phenolic OH excluding ortho intramolecular Hbond substituents is 1. The molecule has 0 atom stereocenters. The van der Waals surface area contributed by atoms with Crippen molar-refractivity contribution >= 4 is 64.6 Å². The molecule has 0 spiro atoms. The van der Waals surface area contributed by atoms with Gasteiger partial charge in [-0.25, -0.2) is 58.3 Å². The third kappa shape index (κ3) is 26.1. The fourth-order valence-corrected chi connectivity index (χ4v) is 12.6. The number of esters is 1. The Bertz CT molecular complexity index is 5570. The van der Waals surface area contributed by atoms with Crippen LogP contribution in [0.25, 0.3) is 0 Å². The summed E-state index contributed by atoms with van der Waals surface area (Å²) in [6.45, 7) is -0.969. The van der Waals surface area contributed by atoms with Crippen molar-refractivity contribution in [2.75, 3.05) is 98.9 Å². The number of carboxylic acids is 1. The molecule has 6 saturated heterocycles. The number of aliphatic hydroxyl groups is 1. The number of nitro groups is 3. The summed E-state index contributed by atoms with van der Waals surface area (Å²) < 4.78 is 160. The van der Waals surface area contributed by atoms with E-state index in [1.807, 2.05) is 26.0 Å². The first-order valence-corrected chi connectivity index (χ1v) is 38.2. The number of carbonyl (C=O) groups is 8. The summed E-state index contributed by atoms with van der Waals surface area (Å²) in [7, 11) is 1.17. The Labute approximate surface area is 719 Å². The Morgan fingerprint density at radius 3 is 1.03 bits per heavy atom. The van der Waals surface area contributed by atoms with E-state index in [2.05, 4.69) is 4.74 Å². The number of benzene rings is 9. The largest absolute Gasteiger partial charge is 0.508 e. The van der Waals surface area contributed by atoms with Crippen molar-refractivity contribution in [3.05, 3.63) is 292 Å². The molecule has 6 aliphatic rings. The maximum Gasteiger partial charge on any atom is 0.410 e. The Morgan fingerprint density at radius 1 is 0.391 bits per heavy atom. The van der Waals surface area contributed by atoms with E-state index in [0.717, 1.165) is 47.8 Å². The standard InChI is InChI=1S/C22H21F2N3O7.C18H14F2N2O6.C17H14F2N2O5.C11H11F2NO.C10H9F2NO2.C8H8O2/c23-22(24)13-26(14-22)20(28)16-2-1-3-17(11-16)34-19-10-15(4-5-18(19)27(30)31)12-33-21(29)25-6-8-32-9-7-25;1-27-17(24)12-5-6-14(22(25)26)15(8-12)28-13-4-2-3-11(7-13)16(23)21-9-18(19,20)10-21;18-17(19)9-20(10-17)16(23)12-2-1-3-13(7-12)26-15-6-11(8-22)4-5-14(15)21(24)25;1-8-3-2-4-9(5-8)10(15)14-6-11(12,13)7-14;11-10(12)5-13(6-10)9(15)7-2-1-3-8(14)4-7;1-6-3-2-4-7(5-6)8(9)10/h1-5,10-11H,6-9,12-14H2;2-8H,9-10H2,1H3;1-7,22H,8-10H2;2-5H,6-7H2,1H3;1-4,14H,5-6H2;2-5H,1H3,(H,9,10). The van der Waals surface area contributed by atoms with Crippen molar-refractivity contribution in [3.8, 4) is 40.2 Å². The minimum atomic E-state index is -2.89. The van der Waals surface area contributed by atoms with E-state index in [4.69, 9.17) is 33.9 Å². The Hall–Kier alpha value is -14.8. The highest BCUT2D eigenvalue weighted by Crippen LogP contribution is 2.40. The van der Waals surface area contributed by atoms with Crippen molar-refractivity contribution < 1.29 is 141 Å². The number of morpholine rings is 1. The molecular formula is C86H77F10N9O23. The predicted molar refractivity (Wildman–Crippen MR) is 430 cm³/mol. The lowest BCUT2D eigenvalue weighted by molar-refractivity contribution is -0.385. The van der Waals surface area contributed by atoms with Gasteiger partial charge in [0.25, 0.3) is 59.1 Å². The maximum absolute atomic E-state index is 13.1. The van der Waals surface area contributed by atoms with Gasteiger partial charge in [0.05, 0.1) is 118 Å². The molecule has 9 aromatic carbocycles. The second-order valence-corrected chi connectivity index (χ2v) is 29.4. The zero-order valence-electron chi connectivity index (χ0n) is 67.7. The Kier molecular flexibility index (Phi) is 30.5. The molecular weight excluding hydrogens is 1720 g/mol. The van der Waals surface area contributed by atoms with E-state index < -0.39 is 157 Å². The van der Waals surface area contributed by atoms with Gasteiger partial charge in [0.15, 0.2) is 0 Å². The van der Waals surface area contributed by atoms with E-state index in [9.17, 15) is 118 Å². The number of carbonyl (C=O) groups excluding carboxylic acids is 7. The number of nitrogens with zero attached hydrogens (tertiary/aromatic N) is 9. The van der Waals surface area contributed by atoms with E-state index in [-0.39, 0.29) is 98.6 Å². The number of amides is 6. The van der Waals surface area contributed by atoms with E-state index in [0.29, 0.717) is 48.6 Å². The second-order valence-electron chi connectivity index (χ2n) is 29.4. The fraction of sp³-hybridized carbons (Fsp3) is 0.279. The number of phenols is 1. The summed E-state index contributed by atoms with van der Waals surface area (Å²) >= 11 is 0. The van der Waals surface area contributed by atoms with Gasteiger partial charge in [-0.15, -0.1) is 0 Å². The number of aryl methyl sites for hydroxylation is 2. The average molecular weight is 1790 g/mol. The maximum atomic E-state index is 13.1. The number of nitro benzene ring substituents is 3. The molecule has 9 aromatic rings. The zero-order valence-corrected chi connectivity index (χ0v) is 67.7. The first kappa shape index (κ1) is 95.4. The smallest absolute Gasteiger partial charge is 0.410 e. The van der Waals surface area contributed by atoms with Crippen LogP contribution in [0.4, 0.5) is 65.8 Å². The van der Waals surface area contributed by atoms with Gasteiger partial charge in [0.2, 0.25) is 17.2 Å². The van der Waals surface area contributed by atoms with Crippen LogP contribution in [0, 0.1) is 44.2 Å². The topological polar surface area (TPSA) is 401 Å². The number of hydrogen-bond donors (Lipinski definition) is 3. The lowest BCUT2D eigenvalue weighted by Crippen LogP contribution is -2.58. The number of hydrogen-bond acceptors (Lipinski definition) is 22. The lowest BCUT2D eigenvalue weighted by atomic mass is 10.1. The van der Waals surface area contributed by atoms with Crippen molar-refractivity contribution in [3.63, 3.8) is 0 Å². The van der Waals surface area contributed by atoms with E-state index in [1.165, 1.54) is 152 Å². The number of aromatic hydroxyl groups is 1. The highest BCUT2D eigenvalue weighted by Gasteiger charge is 2.50. The normalized spacial score (nSPS) is 15.9. The molecule has 6 heterocycles. The summed E-state index contributed by atoms with van der Waals surface area (Å²) in [6, 6.07) is 48.0. The van der Waals surface area contributed by atoms with Crippen LogP contribution in [0.3, 0.4) is 0 Å². The quantitative estimate of drug-likeness (QED) is 0.0293.